The summed E-state index contributed by atoms with van der Waals surface area (Å²) in [6.07, 6.45) is 0. The van der Waals surface area contributed by atoms with Gasteiger partial charge in [0, 0.05) is 31.2 Å². The molecule has 0 N–H and O–H groups in total. The SMILES string of the molecule is CN1CCN(c2nc(F)c(F)cc2F)CC1(C)C. The fraction of sp³-hybridized carbons (Fsp3) is 0.583. The molecule has 0 unspecified atom stereocenters. The van der Waals surface area contributed by atoms with Gasteiger partial charge in [-0.25, -0.2) is 8.78 Å². The van der Waals surface area contributed by atoms with E-state index in [1.807, 2.05) is 20.9 Å². The fourth-order valence-corrected chi connectivity index (χ4v) is 2.08. The van der Waals surface area contributed by atoms with E-state index in [-0.39, 0.29) is 11.4 Å². The van der Waals surface area contributed by atoms with Crippen LogP contribution in [0.4, 0.5) is 19.0 Å². The van der Waals surface area contributed by atoms with E-state index < -0.39 is 17.6 Å². The Labute approximate surface area is 104 Å². The quantitative estimate of drug-likeness (QED) is 0.719. The van der Waals surface area contributed by atoms with Gasteiger partial charge in [-0.1, -0.05) is 0 Å². The monoisotopic (exact) mass is 259 g/mol. The maximum absolute atomic E-state index is 13.6. The van der Waals surface area contributed by atoms with E-state index in [4.69, 9.17) is 0 Å². The number of likely N-dealkylation sites (N-methyl/N-ethyl adjacent to an activating group) is 1. The molecule has 100 valence electrons. The van der Waals surface area contributed by atoms with Crippen LogP contribution in [-0.4, -0.2) is 42.1 Å². The van der Waals surface area contributed by atoms with Gasteiger partial charge in [-0.05, 0) is 20.9 Å². The smallest absolute Gasteiger partial charge is 0.251 e. The van der Waals surface area contributed by atoms with Crippen LogP contribution < -0.4 is 4.90 Å². The van der Waals surface area contributed by atoms with Crippen molar-refractivity contribution in [2.45, 2.75) is 19.4 Å². The first-order valence-electron chi connectivity index (χ1n) is 5.79. The van der Waals surface area contributed by atoms with Crippen molar-refractivity contribution >= 4 is 5.82 Å². The molecule has 3 nitrogen and oxygen atoms in total. The zero-order chi connectivity index (χ0) is 13.5. The Morgan fingerprint density at radius 1 is 1.17 bits per heavy atom. The van der Waals surface area contributed by atoms with Gasteiger partial charge >= 0.3 is 0 Å². The lowest BCUT2D eigenvalue weighted by molar-refractivity contribution is 0.138. The van der Waals surface area contributed by atoms with Crippen LogP contribution in [0.5, 0.6) is 0 Å². The molecular weight excluding hydrogens is 243 g/mol. The number of hydrogen-bond donors (Lipinski definition) is 0. The second kappa shape index (κ2) is 4.42. The summed E-state index contributed by atoms with van der Waals surface area (Å²) in [6.45, 7) is 5.79. The Balaban J connectivity index is 2.30. The Morgan fingerprint density at radius 3 is 2.44 bits per heavy atom. The van der Waals surface area contributed by atoms with Crippen molar-refractivity contribution in [3.05, 3.63) is 23.6 Å². The summed E-state index contributed by atoms with van der Waals surface area (Å²) in [4.78, 5) is 7.17. The summed E-state index contributed by atoms with van der Waals surface area (Å²) in [5, 5.41) is 0. The highest BCUT2D eigenvalue weighted by Crippen LogP contribution is 2.25. The Hall–Kier alpha value is -1.30. The lowest BCUT2D eigenvalue weighted by Gasteiger charge is -2.45. The Morgan fingerprint density at radius 2 is 1.83 bits per heavy atom. The number of aromatic nitrogens is 1. The van der Waals surface area contributed by atoms with Crippen molar-refractivity contribution in [2.75, 3.05) is 31.6 Å². The molecule has 1 aliphatic heterocycles. The number of halogens is 3. The largest absolute Gasteiger partial charge is 0.351 e. The van der Waals surface area contributed by atoms with Crippen LogP contribution in [0.15, 0.2) is 6.07 Å². The maximum Gasteiger partial charge on any atom is 0.251 e. The molecule has 0 aliphatic carbocycles. The number of piperazine rings is 1. The molecule has 18 heavy (non-hydrogen) atoms. The molecule has 0 saturated carbocycles. The molecule has 1 fully saturated rings. The zero-order valence-corrected chi connectivity index (χ0v) is 10.7. The van der Waals surface area contributed by atoms with E-state index in [2.05, 4.69) is 9.88 Å². The minimum absolute atomic E-state index is 0.116. The fourth-order valence-electron chi connectivity index (χ4n) is 2.08. The van der Waals surface area contributed by atoms with E-state index in [9.17, 15) is 13.2 Å². The van der Waals surface area contributed by atoms with Gasteiger partial charge in [-0.3, -0.25) is 4.90 Å². The second-order valence-electron chi connectivity index (χ2n) is 5.22. The summed E-state index contributed by atoms with van der Waals surface area (Å²) >= 11 is 0. The highest BCUT2D eigenvalue weighted by atomic mass is 19.2. The molecule has 0 radical (unpaired) electrons. The van der Waals surface area contributed by atoms with E-state index in [0.717, 1.165) is 0 Å². The minimum Gasteiger partial charge on any atom is -0.351 e. The van der Waals surface area contributed by atoms with Gasteiger partial charge in [0.2, 0.25) is 0 Å². The third kappa shape index (κ3) is 2.29. The lowest BCUT2D eigenvalue weighted by Crippen LogP contribution is -2.58. The van der Waals surface area contributed by atoms with Crippen LogP contribution in [0.1, 0.15) is 13.8 Å². The lowest BCUT2D eigenvalue weighted by atomic mass is 10.00. The Bertz CT molecular complexity index is 462. The van der Waals surface area contributed by atoms with Gasteiger partial charge in [-0.15, -0.1) is 0 Å². The molecule has 0 aromatic carbocycles. The normalized spacial score (nSPS) is 20.2. The molecule has 1 aliphatic rings. The molecule has 1 saturated heterocycles. The van der Waals surface area contributed by atoms with Crippen LogP contribution in [0.2, 0.25) is 0 Å². The molecule has 0 amide bonds. The van der Waals surface area contributed by atoms with E-state index in [1.165, 1.54) is 0 Å². The minimum atomic E-state index is -1.26. The van der Waals surface area contributed by atoms with Gasteiger partial charge in [0.1, 0.15) is 0 Å². The van der Waals surface area contributed by atoms with Crippen molar-refractivity contribution in [1.82, 2.24) is 9.88 Å². The molecule has 2 rings (SSSR count). The van der Waals surface area contributed by atoms with E-state index >= 15 is 0 Å². The van der Waals surface area contributed by atoms with Crippen molar-refractivity contribution in [2.24, 2.45) is 0 Å². The first kappa shape index (κ1) is 13.1. The summed E-state index contributed by atoms with van der Waals surface area (Å²) in [5.74, 6) is -3.46. The topological polar surface area (TPSA) is 19.4 Å². The zero-order valence-electron chi connectivity index (χ0n) is 10.7. The molecule has 1 aromatic heterocycles. The number of hydrogen-bond acceptors (Lipinski definition) is 3. The van der Waals surface area contributed by atoms with Gasteiger partial charge in [0.25, 0.3) is 5.95 Å². The highest BCUT2D eigenvalue weighted by Gasteiger charge is 2.33. The number of anilines is 1. The van der Waals surface area contributed by atoms with Gasteiger partial charge in [-0.2, -0.15) is 9.37 Å². The van der Waals surface area contributed by atoms with Crippen molar-refractivity contribution < 1.29 is 13.2 Å². The van der Waals surface area contributed by atoms with Crippen LogP contribution in [-0.2, 0) is 0 Å². The second-order valence-corrected chi connectivity index (χ2v) is 5.22. The van der Waals surface area contributed by atoms with Crippen LogP contribution in [0.3, 0.4) is 0 Å². The van der Waals surface area contributed by atoms with Crippen molar-refractivity contribution in [1.29, 1.82) is 0 Å². The average molecular weight is 259 g/mol. The first-order chi connectivity index (χ1) is 8.31. The average Bonchev–Trinajstić information content (AvgIpc) is 2.27. The highest BCUT2D eigenvalue weighted by molar-refractivity contribution is 5.41. The maximum atomic E-state index is 13.6. The van der Waals surface area contributed by atoms with Crippen LogP contribution in [0, 0.1) is 17.6 Å². The molecular formula is C12H16F3N3. The van der Waals surface area contributed by atoms with E-state index in [1.54, 1.807) is 4.90 Å². The number of rotatable bonds is 1. The van der Waals surface area contributed by atoms with Crippen LogP contribution in [0.25, 0.3) is 0 Å². The van der Waals surface area contributed by atoms with Crippen LogP contribution >= 0.6 is 0 Å². The first-order valence-corrected chi connectivity index (χ1v) is 5.79. The Kier molecular flexibility index (Phi) is 3.23. The molecule has 6 heteroatoms. The third-order valence-corrected chi connectivity index (χ3v) is 3.48. The molecule has 0 spiro atoms. The van der Waals surface area contributed by atoms with Crippen molar-refractivity contribution in [3.8, 4) is 0 Å². The standard InChI is InChI=1S/C12H16F3N3/c1-12(2)7-18(5-4-17(12)3)11-9(14)6-8(13)10(15)16-11/h6H,4-5,7H2,1-3H3. The predicted octanol–water partition coefficient (Wildman–Crippen LogP) is 2.03. The van der Waals surface area contributed by atoms with Crippen molar-refractivity contribution in [3.63, 3.8) is 0 Å². The molecule has 0 bridgehead atoms. The molecule has 0 atom stereocenters. The number of nitrogens with zero attached hydrogens (tertiary/aromatic N) is 3. The van der Waals surface area contributed by atoms with Gasteiger partial charge in [0.15, 0.2) is 17.5 Å². The van der Waals surface area contributed by atoms with E-state index in [0.29, 0.717) is 25.7 Å². The summed E-state index contributed by atoms with van der Waals surface area (Å²) in [6, 6.07) is 0.545. The summed E-state index contributed by atoms with van der Waals surface area (Å²) in [5.41, 5.74) is -0.169. The van der Waals surface area contributed by atoms with Gasteiger partial charge in [0.05, 0.1) is 0 Å². The summed E-state index contributed by atoms with van der Waals surface area (Å²) < 4.78 is 39.6. The molecule has 2 heterocycles. The number of pyridine rings is 1. The van der Waals surface area contributed by atoms with Gasteiger partial charge < -0.3 is 4.90 Å². The summed E-state index contributed by atoms with van der Waals surface area (Å²) in [7, 11) is 1.98. The third-order valence-electron chi connectivity index (χ3n) is 3.48. The molecule has 1 aromatic rings. The predicted molar refractivity (Wildman–Crippen MR) is 63.0 cm³/mol.